The van der Waals surface area contributed by atoms with Crippen LogP contribution in [0, 0.1) is 0 Å². The van der Waals surface area contributed by atoms with Crippen LogP contribution in [-0.2, 0) is 0 Å². The lowest BCUT2D eigenvalue weighted by molar-refractivity contribution is 0.251. The summed E-state index contributed by atoms with van der Waals surface area (Å²) < 4.78 is 0. The monoisotopic (exact) mass is 220 g/mol. The summed E-state index contributed by atoms with van der Waals surface area (Å²) in [5, 5.41) is 9.62. The molecule has 1 fully saturated rings. The molecule has 0 saturated heterocycles. The Bertz CT molecular complexity index is 351. The summed E-state index contributed by atoms with van der Waals surface area (Å²) in [6.07, 6.45) is 7.17. The van der Waals surface area contributed by atoms with Gasteiger partial charge >= 0.3 is 6.03 Å². The van der Waals surface area contributed by atoms with Gasteiger partial charge in [-0.1, -0.05) is 37.4 Å². The van der Waals surface area contributed by atoms with Crippen LogP contribution >= 0.6 is 0 Å². The SMILES string of the molecule is C=C1N=NC(=O)NC1=NC1CCCCCC1. The number of aliphatic imine (C=N–C) groups is 1. The predicted molar refractivity (Wildman–Crippen MR) is 61.5 cm³/mol. The minimum Gasteiger partial charge on any atom is -0.288 e. The number of amidine groups is 1. The Balaban J connectivity index is 2.07. The van der Waals surface area contributed by atoms with Gasteiger partial charge < -0.3 is 0 Å². The van der Waals surface area contributed by atoms with Crippen molar-refractivity contribution >= 4 is 11.9 Å². The zero-order valence-corrected chi connectivity index (χ0v) is 9.28. The van der Waals surface area contributed by atoms with Gasteiger partial charge in [0.15, 0.2) is 5.84 Å². The summed E-state index contributed by atoms with van der Waals surface area (Å²) in [5.74, 6) is 0.492. The predicted octanol–water partition coefficient (Wildman–Crippen LogP) is 2.80. The van der Waals surface area contributed by atoms with Crippen LogP contribution in [0.5, 0.6) is 0 Å². The highest BCUT2D eigenvalue weighted by atomic mass is 16.2. The molecule has 5 heteroatoms. The van der Waals surface area contributed by atoms with E-state index in [2.05, 4.69) is 27.1 Å². The van der Waals surface area contributed by atoms with Crippen molar-refractivity contribution in [2.45, 2.75) is 44.6 Å². The molecule has 0 unspecified atom stereocenters. The average Bonchev–Trinajstić information content (AvgIpc) is 2.52. The van der Waals surface area contributed by atoms with Crippen molar-refractivity contribution in [1.29, 1.82) is 0 Å². The number of carbonyl (C=O) groups is 1. The van der Waals surface area contributed by atoms with Crippen molar-refractivity contribution in [2.24, 2.45) is 15.2 Å². The molecule has 0 aromatic carbocycles. The Hall–Kier alpha value is -1.52. The molecule has 1 saturated carbocycles. The molecule has 1 N–H and O–H groups in total. The summed E-state index contributed by atoms with van der Waals surface area (Å²) >= 11 is 0. The zero-order chi connectivity index (χ0) is 11.4. The molecule has 0 atom stereocenters. The van der Waals surface area contributed by atoms with Gasteiger partial charge in [0.2, 0.25) is 0 Å². The summed E-state index contributed by atoms with van der Waals surface area (Å²) in [5.41, 5.74) is 0.448. The minimum absolute atomic E-state index is 0.294. The quantitative estimate of drug-likeness (QED) is 0.678. The lowest BCUT2D eigenvalue weighted by Gasteiger charge is -2.14. The van der Waals surface area contributed by atoms with Crippen molar-refractivity contribution in [3.05, 3.63) is 12.3 Å². The first-order chi connectivity index (χ1) is 7.75. The fourth-order valence-corrected chi connectivity index (χ4v) is 2.03. The van der Waals surface area contributed by atoms with Crippen LogP contribution in [0.1, 0.15) is 38.5 Å². The second kappa shape index (κ2) is 5.01. The molecule has 16 heavy (non-hydrogen) atoms. The van der Waals surface area contributed by atoms with E-state index in [-0.39, 0.29) is 0 Å². The Labute approximate surface area is 94.7 Å². The number of urea groups is 1. The standard InChI is InChI=1S/C11H16N4O/c1-8-10(13-11(16)15-14-8)12-9-6-4-2-3-5-7-9/h9H,1-7H2,(H,12,13,16). The summed E-state index contributed by atoms with van der Waals surface area (Å²) in [4.78, 5) is 15.6. The van der Waals surface area contributed by atoms with E-state index in [1.54, 1.807) is 0 Å². The van der Waals surface area contributed by atoms with Crippen molar-refractivity contribution in [3.63, 3.8) is 0 Å². The maximum absolute atomic E-state index is 11.0. The number of hydrogen-bond donors (Lipinski definition) is 1. The first kappa shape index (κ1) is 11.0. The first-order valence-electron chi connectivity index (χ1n) is 5.75. The van der Waals surface area contributed by atoms with E-state index < -0.39 is 6.03 Å². The first-order valence-corrected chi connectivity index (χ1v) is 5.75. The Kier molecular flexibility index (Phi) is 3.44. The molecule has 0 bridgehead atoms. The molecule has 1 aliphatic heterocycles. The summed E-state index contributed by atoms with van der Waals surface area (Å²) in [6, 6.07) is -0.164. The normalized spacial score (nSPS) is 25.6. The maximum atomic E-state index is 11.0. The van der Waals surface area contributed by atoms with Gasteiger partial charge in [-0.15, -0.1) is 5.11 Å². The van der Waals surface area contributed by atoms with E-state index in [0.717, 1.165) is 12.8 Å². The molecule has 1 aliphatic carbocycles. The van der Waals surface area contributed by atoms with E-state index in [9.17, 15) is 4.79 Å². The minimum atomic E-state index is -0.459. The van der Waals surface area contributed by atoms with Gasteiger partial charge in [0.05, 0.1) is 6.04 Å². The molecule has 2 rings (SSSR count). The van der Waals surface area contributed by atoms with Gasteiger partial charge in [0.1, 0.15) is 5.70 Å². The molecular weight excluding hydrogens is 204 g/mol. The molecule has 2 aliphatic rings. The third-order valence-corrected chi connectivity index (χ3v) is 2.90. The van der Waals surface area contributed by atoms with Gasteiger partial charge in [0, 0.05) is 0 Å². The fraction of sp³-hybridized carbons (Fsp3) is 0.636. The molecule has 0 aromatic rings. The van der Waals surface area contributed by atoms with Crippen molar-refractivity contribution < 1.29 is 4.79 Å². The Morgan fingerprint density at radius 3 is 2.56 bits per heavy atom. The van der Waals surface area contributed by atoms with E-state index in [1.807, 2.05) is 0 Å². The Morgan fingerprint density at radius 1 is 1.19 bits per heavy atom. The highest BCUT2D eigenvalue weighted by Gasteiger charge is 2.17. The lowest BCUT2D eigenvalue weighted by atomic mass is 10.1. The van der Waals surface area contributed by atoms with Gasteiger partial charge in [-0.05, 0) is 12.8 Å². The highest BCUT2D eigenvalue weighted by molar-refractivity contribution is 6.08. The smallest absolute Gasteiger partial charge is 0.288 e. The molecule has 5 nitrogen and oxygen atoms in total. The summed E-state index contributed by atoms with van der Waals surface area (Å²) in [6.45, 7) is 3.71. The second-order valence-electron chi connectivity index (χ2n) is 4.20. The number of nitrogens with zero attached hydrogens (tertiary/aromatic N) is 3. The van der Waals surface area contributed by atoms with Crippen LogP contribution in [0.15, 0.2) is 27.5 Å². The molecule has 0 radical (unpaired) electrons. The molecule has 2 amide bonds. The second-order valence-corrected chi connectivity index (χ2v) is 4.20. The highest BCUT2D eigenvalue weighted by Crippen LogP contribution is 2.20. The molecule has 1 heterocycles. The summed E-state index contributed by atoms with van der Waals surface area (Å²) in [7, 11) is 0. The number of carbonyl (C=O) groups excluding carboxylic acids is 1. The van der Waals surface area contributed by atoms with Crippen LogP contribution < -0.4 is 5.32 Å². The average molecular weight is 220 g/mol. The van der Waals surface area contributed by atoms with Crippen LogP contribution in [0.4, 0.5) is 4.79 Å². The van der Waals surface area contributed by atoms with E-state index in [4.69, 9.17) is 0 Å². The van der Waals surface area contributed by atoms with Crippen LogP contribution in [0.2, 0.25) is 0 Å². The molecule has 0 spiro atoms. The van der Waals surface area contributed by atoms with E-state index in [1.165, 1.54) is 25.7 Å². The van der Waals surface area contributed by atoms with Crippen LogP contribution in [-0.4, -0.2) is 17.9 Å². The van der Waals surface area contributed by atoms with Crippen molar-refractivity contribution in [2.75, 3.05) is 0 Å². The van der Waals surface area contributed by atoms with Gasteiger partial charge in [-0.3, -0.25) is 10.3 Å². The third kappa shape index (κ3) is 2.74. The van der Waals surface area contributed by atoms with Gasteiger partial charge in [-0.25, -0.2) is 4.79 Å². The van der Waals surface area contributed by atoms with Crippen LogP contribution in [0.25, 0.3) is 0 Å². The van der Waals surface area contributed by atoms with Crippen molar-refractivity contribution in [3.8, 4) is 0 Å². The molecule has 0 aromatic heterocycles. The number of rotatable bonds is 1. The van der Waals surface area contributed by atoms with E-state index in [0.29, 0.717) is 17.6 Å². The number of nitrogens with one attached hydrogen (secondary N) is 1. The van der Waals surface area contributed by atoms with Crippen LogP contribution in [0.3, 0.4) is 0 Å². The van der Waals surface area contributed by atoms with Crippen molar-refractivity contribution in [1.82, 2.24) is 5.32 Å². The maximum Gasteiger partial charge on any atom is 0.365 e. The third-order valence-electron chi connectivity index (χ3n) is 2.90. The van der Waals surface area contributed by atoms with Gasteiger partial charge in [-0.2, -0.15) is 0 Å². The number of hydrogen-bond acceptors (Lipinski definition) is 3. The largest absolute Gasteiger partial charge is 0.365 e. The van der Waals surface area contributed by atoms with Gasteiger partial charge in [0.25, 0.3) is 0 Å². The fourth-order valence-electron chi connectivity index (χ4n) is 2.03. The lowest BCUT2D eigenvalue weighted by Crippen LogP contribution is -2.32. The zero-order valence-electron chi connectivity index (χ0n) is 9.28. The molecule has 86 valence electrons. The molecular formula is C11H16N4O. The topological polar surface area (TPSA) is 66.2 Å². The number of azo groups is 1. The van der Waals surface area contributed by atoms with E-state index >= 15 is 0 Å². The Morgan fingerprint density at radius 2 is 1.88 bits per heavy atom. The number of amides is 2.